The highest BCUT2D eigenvalue weighted by molar-refractivity contribution is 5.76. The highest BCUT2D eigenvalue weighted by Crippen LogP contribution is 2.20. The lowest BCUT2D eigenvalue weighted by Crippen LogP contribution is -2.20. The Morgan fingerprint density at radius 1 is 1.58 bits per heavy atom. The predicted molar refractivity (Wildman–Crippen MR) is 72.2 cm³/mol. The molecule has 2 rings (SSSR count). The van der Waals surface area contributed by atoms with Gasteiger partial charge in [0.15, 0.2) is 5.58 Å². The third kappa shape index (κ3) is 2.85. The van der Waals surface area contributed by atoms with Crippen LogP contribution in [-0.2, 0) is 0 Å². The molecule has 0 aliphatic rings. The molecule has 0 saturated heterocycles. The topological polar surface area (TPSA) is 105 Å². The smallest absolute Gasteiger partial charge is 0.408 e. The van der Waals surface area contributed by atoms with Gasteiger partial charge in [-0.25, -0.2) is 9.36 Å². The molecule has 1 heterocycles. The van der Waals surface area contributed by atoms with Gasteiger partial charge in [0.2, 0.25) is 0 Å². The molecule has 1 aromatic carbocycles. The summed E-state index contributed by atoms with van der Waals surface area (Å²) in [6.07, 6.45) is 0.333. The van der Waals surface area contributed by atoms with Crippen LogP contribution in [0.15, 0.2) is 27.4 Å². The molecule has 4 N–H and O–H groups in total. The van der Waals surface area contributed by atoms with E-state index >= 15 is 0 Å². The molecule has 1 atom stereocenters. The van der Waals surface area contributed by atoms with Crippen molar-refractivity contribution in [1.82, 2.24) is 4.57 Å². The number of hydrogen-bond acceptors (Lipinski definition) is 4. The van der Waals surface area contributed by atoms with Gasteiger partial charge in [0.25, 0.3) is 0 Å². The fraction of sp³-hybridized carbons (Fsp3) is 0.385. The molecule has 0 amide bonds. The highest BCUT2D eigenvalue weighted by Gasteiger charge is 2.16. The molecular formula is C13H17N3O3. The van der Waals surface area contributed by atoms with E-state index in [2.05, 4.69) is 0 Å². The number of aliphatic hydroxyl groups excluding tert-OH is 1. The first-order valence-electron chi connectivity index (χ1n) is 6.11. The summed E-state index contributed by atoms with van der Waals surface area (Å²) in [6, 6.07) is 5.36. The number of aliphatic hydroxyl groups is 1. The van der Waals surface area contributed by atoms with E-state index in [1.54, 1.807) is 12.1 Å². The van der Waals surface area contributed by atoms with Gasteiger partial charge in [-0.1, -0.05) is 6.07 Å². The van der Waals surface area contributed by atoms with E-state index in [9.17, 15) is 9.90 Å². The molecule has 102 valence electrons. The van der Waals surface area contributed by atoms with Crippen LogP contribution < -0.4 is 11.5 Å². The van der Waals surface area contributed by atoms with Crippen molar-refractivity contribution in [3.63, 3.8) is 0 Å². The van der Waals surface area contributed by atoms with Crippen molar-refractivity contribution in [2.45, 2.75) is 32.4 Å². The Labute approximate surface area is 110 Å². The van der Waals surface area contributed by atoms with Crippen LogP contribution in [0.4, 0.5) is 0 Å². The molecule has 6 nitrogen and oxygen atoms in total. The molecule has 0 spiro atoms. The van der Waals surface area contributed by atoms with Crippen LogP contribution in [0.5, 0.6) is 0 Å². The zero-order valence-electron chi connectivity index (χ0n) is 10.7. The number of nitrogens with one attached hydrogen (secondary N) is 1. The Bertz CT molecular complexity index is 657. The van der Waals surface area contributed by atoms with Gasteiger partial charge in [0.1, 0.15) is 6.23 Å². The summed E-state index contributed by atoms with van der Waals surface area (Å²) in [5, 5.41) is 17.2. The van der Waals surface area contributed by atoms with Gasteiger partial charge in [-0.05, 0) is 37.5 Å². The Kier molecular flexibility index (Phi) is 3.71. The van der Waals surface area contributed by atoms with Crippen molar-refractivity contribution in [1.29, 1.82) is 5.41 Å². The van der Waals surface area contributed by atoms with Crippen molar-refractivity contribution in [3.05, 3.63) is 34.3 Å². The van der Waals surface area contributed by atoms with Crippen molar-refractivity contribution in [2.24, 2.45) is 5.73 Å². The first-order chi connectivity index (χ1) is 8.99. The third-order valence-corrected chi connectivity index (χ3v) is 2.97. The summed E-state index contributed by atoms with van der Waals surface area (Å²) >= 11 is 0. The lowest BCUT2D eigenvalue weighted by atomic mass is 10.2. The molecule has 19 heavy (non-hydrogen) atoms. The van der Waals surface area contributed by atoms with Gasteiger partial charge in [0, 0.05) is 6.42 Å². The van der Waals surface area contributed by atoms with Gasteiger partial charge in [0.05, 0.1) is 11.4 Å². The summed E-state index contributed by atoms with van der Waals surface area (Å²) < 4.78 is 6.32. The van der Waals surface area contributed by atoms with Crippen LogP contribution in [-0.4, -0.2) is 15.5 Å². The quantitative estimate of drug-likeness (QED) is 0.561. The number of hydrogen-bond donors (Lipinski definition) is 3. The Morgan fingerprint density at radius 3 is 3.00 bits per heavy atom. The van der Waals surface area contributed by atoms with E-state index in [-0.39, 0.29) is 5.84 Å². The maximum atomic E-state index is 11.8. The summed E-state index contributed by atoms with van der Waals surface area (Å²) in [7, 11) is 0. The second kappa shape index (κ2) is 5.27. The van der Waals surface area contributed by atoms with Crippen LogP contribution in [0, 0.1) is 12.3 Å². The SMILES string of the molecule is Cc1ccc2oc(=O)n(C(O)CCCC(=N)N)c2c1. The second-order valence-electron chi connectivity index (χ2n) is 4.61. The van der Waals surface area contributed by atoms with E-state index in [0.717, 1.165) is 5.56 Å². The molecule has 1 aromatic heterocycles. The fourth-order valence-electron chi connectivity index (χ4n) is 2.03. The average Bonchev–Trinajstić information content (AvgIpc) is 2.63. The van der Waals surface area contributed by atoms with Gasteiger partial charge >= 0.3 is 5.76 Å². The second-order valence-corrected chi connectivity index (χ2v) is 4.61. The third-order valence-electron chi connectivity index (χ3n) is 2.97. The lowest BCUT2D eigenvalue weighted by Gasteiger charge is -2.11. The number of amidine groups is 1. The van der Waals surface area contributed by atoms with Crippen molar-refractivity contribution >= 4 is 16.9 Å². The van der Waals surface area contributed by atoms with Crippen LogP contribution in [0.2, 0.25) is 0 Å². The zero-order valence-corrected chi connectivity index (χ0v) is 10.7. The van der Waals surface area contributed by atoms with Gasteiger partial charge < -0.3 is 15.3 Å². The number of aryl methyl sites for hydroxylation is 1. The number of benzene rings is 1. The standard InChI is InChI=1S/C13H17N3O3/c1-8-5-6-10-9(7-8)16(13(18)19-10)12(17)4-2-3-11(14)15/h5-7,12,17H,2-4H2,1H3,(H3,14,15). The minimum atomic E-state index is -0.963. The number of oxazole rings is 1. The molecule has 0 radical (unpaired) electrons. The molecule has 1 unspecified atom stereocenters. The predicted octanol–water partition coefficient (Wildman–Crippen LogP) is 1.50. The Morgan fingerprint density at radius 2 is 2.32 bits per heavy atom. The van der Waals surface area contributed by atoms with Crippen LogP contribution in [0.1, 0.15) is 31.1 Å². The molecule has 0 aliphatic carbocycles. The average molecular weight is 263 g/mol. The Hall–Kier alpha value is -2.08. The minimum absolute atomic E-state index is 0.0763. The summed E-state index contributed by atoms with van der Waals surface area (Å²) in [5.41, 5.74) is 7.28. The summed E-state index contributed by atoms with van der Waals surface area (Å²) in [4.78, 5) is 11.8. The van der Waals surface area contributed by atoms with E-state index < -0.39 is 12.0 Å². The van der Waals surface area contributed by atoms with E-state index in [1.807, 2.05) is 13.0 Å². The van der Waals surface area contributed by atoms with Crippen molar-refractivity contribution in [2.75, 3.05) is 0 Å². The highest BCUT2D eigenvalue weighted by atomic mass is 16.4. The summed E-state index contributed by atoms with van der Waals surface area (Å²) in [6.45, 7) is 1.91. The molecule has 0 bridgehead atoms. The van der Waals surface area contributed by atoms with E-state index in [0.29, 0.717) is 30.4 Å². The number of rotatable bonds is 5. The molecule has 0 fully saturated rings. The van der Waals surface area contributed by atoms with Crippen LogP contribution in [0.3, 0.4) is 0 Å². The number of nitrogens with zero attached hydrogens (tertiary/aromatic N) is 1. The van der Waals surface area contributed by atoms with Gasteiger partial charge in [-0.15, -0.1) is 0 Å². The number of aromatic nitrogens is 1. The molecule has 0 saturated carbocycles. The van der Waals surface area contributed by atoms with Crippen LogP contribution in [0.25, 0.3) is 11.1 Å². The number of nitrogens with two attached hydrogens (primary N) is 1. The van der Waals surface area contributed by atoms with Crippen molar-refractivity contribution < 1.29 is 9.52 Å². The lowest BCUT2D eigenvalue weighted by molar-refractivity contribution is 0.0895. The molecular weight excluding hydrogens is 246 g/mol. The van der Waals surface area contributed by atoms with Crippen LogP contribution >= 0.6 is 0 Å². The monoisotopic (exact) mass is 263 g/mol. The fourth-order valence-corrected chi connectivity index (χ4v) is 2.03. The molecule has 2 aromatic rings. The maximum Gasteiger partial charge on any atom is 0.422 e. The Balaban J connectivity index is 2.28. The molecule has 0 aliphatic heterocycles. The van der Waals surface area contributed by atoms with E-state index in [4.69, 9.17) is 15.6 Å². The largest absolute Gasteiger partial charge is 0.422 e. The van der Waals surface area contributed by atoms with E-state index in [1.165, 1.54) is 4.57 Å². The van der Waals surface area contributed by atoms with Gasteiger partial charge in [-0.3, -0.25) is 5.41 Å². The first-order valence-corrected chi connectivity index (χ1v) is 6.11. The maximum absolute atomic E-state index is 11.8. The minimum Gasteiger partial charge on any atom is -0.408 e. The molecule has 6 heteroatoms. The summed E-state index contributed by atoms with van der Waals surface area (Å²) in [5.74, 6) is -0.497. The van der Waals surface area contributed by atoms with Gasteiger partial charge in [-0.2, -0.15) is 0 Å². The van der Waals surface area contributed by atoms with Crippen molar-refractivity contribution in [3.8, 4) is 0 Å². The first kappa shape index (κ1) is 13.4. The number of fused-ring (bicyclic) bond motifs is 1. The normalized spacial score (nSPS) is 12.7. The zero-order chi connectivity index (χ0) is 14.0.